The van der Waals surface area contributed by atoms with Crippen LogP contribution in [0.4, 0.5) is 0 Å². The summed E-state index contributed by atoms with van der Waals surface area (Å²) < 4.78 is 2.88. The molecule has 0 amide bonds. The van der Waals surface area contributed by atoms with Gasteiger partial charge in [-0.15, -0.1) is 0 Å². The molecule has 2 heterocycles. The predicted octanol–water partition coefficient (Wildman–Crippen LogP) is 2.55. The fourth-order valence-corrected chi connectivity index (χ4v) is 1.81. The van der Waals surface area contributed by atoms with Crippen molar-refractivity contribution in [3.63, 3.8) is 0 Å². The van der Waals surface area contributed by atoms with Gasteiger partial charge in [-0.2, -0.15) is 0 Å². The number of nitrogens with one attached hydrogen (secondary N) is 1. The van der Waals surface area contributed by atoms with Crippen molar-refractivity contribution in [2.75, 3.05) is 0 Å². The second-order valence-corrected chi connectivity index (χ2v) is 3.77. The molecule has 0 saturated carbocycles. The Morgan fingerprint density at radius 2 is 2.40 bits per heavy atom. The van der Waals surface area contributed by atoms with Crippen LogP contribution in [0, 0.1) is 4.77 Å². The average Bonchev–Trinajstić information content (AvgIpc) is 2.62. The molecule has 1 N–H and O–H groups in total. The van der Waals surface area contributed by atoms with Crippen molar-refractivity contribution < 1.29 is 0 Å². The first kappa shape index (κ1) is 10.1. The summed E-state index contributed by atoms with van der Waals surface area (Å²) in [5.41, 5.74) is 2.40. The Morgan fingerprint density at radius 1 is 1.53 bits per heavy atom. The Labute approximate surface area is 93.8 Å². The third-order valence-corrected chi connectivity index (χ3v) is 2.72. The van der Waals surface area contributed by atoms with E-state index in [0.29, 0.717) is 0 Å². The van der Waals surface area contributed by atoms with E-state index in [0.717, 1.165) is 17.7 Å². The zero-order chi connectivity index (χ0) is 10.7. The summed E-state index contributed by atoms with van der Waals surface area (Å²) in [5.74, 6) is 0. The molecule has 0 radical (unpaired) electrons. The number of imidazole rings is 1. The number of H-pyrrole nitrogens is 1. The molecule has 15 heavy (non-hydrogen) atoms. The van der Waals surface area contributed by atoms with Gasteiger partial charge in [0.1, 0.15) is 0 Å². The Bertz CT molecular complexity index is 484. The van der Waals surface area contributed by atoms with Gasteiger partial charge < -0.3 is 9.55 Å². The summed E-state index contributed by atoms with van der Waals surface area (Å²) in [6, 6.07) is 4.00. The topological polar surface area (TPSA) is 33.6 Å². The molecule has 3 nitrogen and oxygen atoms in total. The van der Waals surface area contributed by atoms with Crippen LogP contribution in [0.15, 0.2) is 30.7 Å². The van der Waals surface area contributed by atoms with Crippen LogP contribution in [0.5, 0.6) is 0 Å². The highest BCUT2D eigenvalue weighted by atomic mass is 32.1. The van der Waals surface area contributed by atoms with Crippen LogP contribution in [0.2, 0.25) is 0 Å². The minimum atomic E-state index is 0.774. The maximum atomic E-state index is 5.23. The van der Waals surface area contributed by atoms with Gasteiger partial charge >= 0.3 is 0 Å². The summed E-state index contributed by atoms with van der Waals surface area (Å²) in [4.78, 5) is 7.16. The largest absolute Gasteiger partial charge is 0.337 e. The Balaban J connectivity index is 2.32. The molecule has 0 aliphatic heterocycles. The number of pyridine rings is 1. The van der Waals surface area contributed by atoms with Gasteiger partial charge in [0.15, 0.2) is 4.77 Å². The smallest absolute Gasteiger partial charge is 0.177 e. The number of nitrogens with zero attached hydrogens (tertiary/aromatic N) is 2. The van der Waals surface area contributed by atoms with E-state index in [2.05, 4.69) is 27.5 Å². The highest BCUT2D eigenvalue weighted by Crippen LogP contribution is 2.07. The van der Waals surface area contributed by atoms with Gasteiger partial charge in [0, 0.05) is 24.3 Å². The molecule has 0 spiro atoms. The second-order valence-electron chi connectivity index (χ2n) is 3.39. The normalized spacial score (nSPS) is 10.5. The summed E-state index contributed by atoms with van der Waals surface area (Å²) in [6.45, 7) is 2.91. The number of rotatable bonds is 3. The van der Waals surface area contributed by atoms with Crippen LogP contribution in [-0.2, 0) is 13.0 Å². The van der Waals surface area contributed by atoms with Gasteiger partial charge in [0.05, 0.1) is 6.54 Å². The number of aromatic nitrogens is 3. The number of hydrogen-bond acceptors (Lipinski definition) is 2. The number of aryl methyl sites for hydroxylation is 1. The molecule has 0 saturated heterocycles. The van der Waals surface area contributed by atoms with Crippen LogP contribution in [0.25, 0.3) is 0 Å². The highest BCUT2D eigenvalue weighted by molar-refractivity contribution is 7.71. The lowest BCUT2D eigenvalue weighted by molar-refractivity contribution is 0.733. The van der Waals surface area contributed by atoms with Crippen molar-refractivity contribution in [1.29, 1.82) is 0 Å². The minimum absolute atomic E-state index is 0.774. The second kappa shape index (κ2) is 4.40. The van der Waals surface area contributed by atoms with Crippen molar-refractivity contribution in [3.8, 4) is 0 Å². The molecular weight excluding hydrogens is 206 g/mol. The van der Waals surface area contributed by atoms with Gasteiger partial charge in [-0.3, -0.25) is 4.98 Å². The van der Waals surface area contributed by atoms with E-state index >= 15 is 0 Å². The Hall–Kier alpha value is -1.42. The molecule has 2 rings (SSSR count). The van der Waals surface area contributed by atoms with Gasteiger partial charge in [-0.05, 0) is 30.3 Å². The lowest BCUT2D eigenvalue weighted by Gasteiger charge is -2.06. The van der Waals surface area contributed by atoms with E-state index < -0.39 is 0 Å². The average molecular weight is 219 g/mol. The van der Waals surface area contributed by atoms with E-state index in [1.165, 1.54) is 11.3 Å². The quantitative estimate of drug-likeness (QED) is 0.805. The van der Waals surface area contributed by atoms with E-state index in [1.54, 1.807) is 6.20 Å². The first-order chi connectivity index (χ1) is 7.31. The van der Waals surface area contributed by atoms with Gasteiger partial charge in [0.25, 0.3) is 0 Å². The van der Waals surface area contributed by atoms with Crippen LogP contribution in [0.1, 0.15) is 18.2 Å². The molecule has 78 valence electrons. The van der Waals surface area contributed by atoms with Gasteiger partial charge in [-0.1, -0.05) is 13.0 Å². The summed E-state index contributed by atoms with van der Waals surface area (Å²) in [7, 11) is 0. The first-order valence-corrected chi connectivity index (χ1v) is 5.38. The molecule has 0 aliphatic rings. The summed E-state index contributed by atoms with van der Waals surface area (Å²) >= 11 is 5.23. The maximum absolute atomic E-state index is 5.23. The van der Waals surface area contributed by atoms with Crippen LogP contribution in [0.3, 0.4) is 0 Å². The Morgan fingerprint density at radius 3 is 3.07 bits per heavy atom. The summed E-state index contributed by atoms with van der Waals surface area (Å²) in [5, 5.41) is 0. The van der Waals surface area contributed by atoms with E-state index in [4.69, 9.17) is 12.2 Å². The minimum Gasteiger partial charge on any atom is -0.337 e. The predicted molar refractivity (Wildman–Crippen MR) is 62.3 cm³/mol. The van der Waals surface area contributed by atoms with E-state index in [9.17, 15) is 0 Å². The molecule has 2 aromatic rings. The number of aromatic amines is 1. The van der Waals surface area contributed by atoms with Crippen molar-refractivity contribution in [1.82, 2.24) is 14.5 Å². The molecule has 0 fully saturated rings. The zero-order valence-electron chi connectivity index (χ0n) is 8.60. The van der Waals surface area contributed by atoms with Crippen LogP contribution >= 0.6 is 12.2 Å². The third kappa shape index (κ3) is 2.15. The molecule has 0 aromatic carbocycles. The maximum Gasteiger partial charge on any atom is 0.177 e. The first-order valence-electron chi connectivity index (χ1n) is 4.97. The van der Waals surface area contributed by atoms with Crippen molar-refractivity contribution in [2.24, 2.45) is 0 Å². The lowest BCUT2D eigenvalue weighted by atomic mass is 10.2. The molecular formula is C11H13N3S. The molecule has 0 bridgehead atoms. The van der Waals surface area contributed by atoms with Crippen molar-refractivity contribution >= 4 is 12.2 Å². The van der Waals surface area contributed by atoms with Crippen molar-refractivity contribution in [3.05, 3.63) is 46.8 Å². The monoisotopic (exact) mass is 219 g/mol. The highest BCUT2D eigenvalue weighted by Gasteiger charge is 2.02. The fourth-order valence-electron chi connectivity index (χ4n) is 1.57. The third-order valence-electron chi connectivity index (χ3n) is 2.38. The molecule has 0 atom stereocenters. The number of hydrogen-bond donors (Lipinski definition) is 1. The molecule has 4 heteroatoms. The van der Waals surface area contributed by atoms with Crippen LogP contribution < -0.4 is 0 Å². The van der Waals surface area contributed by atoms with E-state index in [-0.39, 0.29) is 0 Å². The van der Waals surface area contributed by atoms with Gasteiger partial charge in [-0.25, -0.2) is 0 Å². The van der Waals surface area contributed by atoms with Crippen LogP contribution in [-0.4, -0.2) is 14.5 Å². The lowest BCUT2D eigenvalue weighted by Crippen LogP contribution is -2.03. The SMILES string of the molecule is CCc1c[nH]c(=S)n1Cc1cccnc1. The summed E-state index contributed by atoms with van der Waals surface area (Å²) in [6.07, 6.45) is 6.60. The molecule has 2 aromatic heterocycles. The molecule has 0 unspecified atom stereocenters. The van der Waals surface area contributed by atoms with E-state index in [1.807, 2.05) is 18.5 Å². The standard InChI is InChI=1S/C11H13N3S/c1-2-10-7-13-11(15)14(10)8-9-4-3-5-12-6-9/h3-7H,2,8H2,1H3,(H,13,15). The Kier molecular flexibility index (Phi) is 2.97. The molecule has 0 aliphatic carbocycles. The fraction of sp³-hybridized carbons (Fsp3) is 0.273. The zero-order valence-corrected chi connectivity index (χ0v) is 9.42. The van der Waals surface area contributed by atoms with Gasteiger partial charge in [0.2, 0.25) is 0 Å². The van der Waals surface area contributed by atoms with Crippen molar-refractivity contribution in [2.45, 2.75) is 19.9 Å².